The third-order valence-electron chi connectivity index (χ3n) is 4.50. The van der Waals surface area contributed by atoms with Gasteiger partial charge in [-0.05, 0) is 38.3 Å². The number of piperidine rings is 1. The van der Waals surface area contributed by atoms with Crippen molar-refractivity contribution < 1.29 is 0 Å². The second-order valence-electron chi connectivity index (χ2n) is 5.80. The summed E-state index contributed by atoms with van der Waals surface area (Å²) in [5, 5.41) is 3.74. The molecule has 92 valence electrons. The van der Waals surface area contributed by atoms with E-state index >= 15 is 0 Å². The maximum Gasteiger partial charge on any atom is 0.0208 e. The number of rotatable bonds is 3. The van der Waals surface area contributed by atoms with Crippen LogP contribution in [0, 0.1) is 12.8 Å². The van der Waals surface area contributed by atoms with Gasteiger partial charge in [-0.2, -0.15) is 0 Å². The number of nitrogens with zero attached hydrogens (tertiary/aromatic N) is 1. The lowest BCUT2D eigenvalue weighted by Crippen LogP contribution is -2.41. The van der Waals surface area contributed by atoms with Crippen LogP contribution in [0.15, 0.2) is 24.3 Å². The Bertz CT molecular complexity index is 382. The van der Waals surface area contributed by atoms with Gasteiger partial charge in [0.1, 0.15) is 0 Å². The molecule has 1 saturated heterocycles. The summed E-state index contributed by atoms with van der Waals surface area (Å²) < 4.78 is 0. The topological polar surface area (TPSA) is 15.3 Å². The van der Waals surface area contributed by atoms with Gasteiger partial charge in [0.25, 0.3) is 0 Å². The summed E-state index contributed by atoms with van der Waals surface area (Å²) in [6.45, 7) is 4.46. The summed E-state index contributed by atoms with van der Waals surface area (Å²) in [4.78, 5) is 2.52. The molecule has 1 aromatic rings. The lowest BCUT2D eigenvalue weighted by Gasteiger charge is -2.29. The molecule has 1 saturated carbocycles. The van der Waals surface area contributed by atoms with Crippen LogP contribution in [0.2, 0.25) is 0 Å². The summed E-state index contributed by atoms with van der Waals surface area (Å²) in [6.07, 6.45) is 2.75. The van der Waals surface area contributed by atoms with Gasteiger partial charge in [0.05, 0.1) is 0 Å². The molecular formula is C15H22N2. The molecule has 2 aliphatic rings. The summed E-state index contributed by atoms with van der Waals surface area (Å²) in [5.41, 5.74) is 2.75. The summed E-state index contributed by atoms with van der Waals surface area (Å²) in [7, 11) is 2.26. The largest absolute Gasteiger partial charge is 0.310 e. The average Bonchev–Trinajstić information content (AvgIpc) is 2.87. The number of fused-ring (bicyclic) bond motifs is 2. The predicted molar refractivity (Wildman–Crippen MR) is 70.9 cm³/mol. The first-order valence-electron chi connectivity index (χ1n) is 6.71. The zero-order valence-corrected chi connectivity index (χ0v) is 10.8. The zero-order valence-electron chi connectivity index (χ0n) is 10.8. The monoisotopic (exact) mass is 230 g/mol. The Hall–Kier alpha value is -0.860. The molecule has 3 atom stereocenters. The van der Waals surface area contributed by atoms with E-state index in [0.717, 1.165) is 24.5 Å². The normalized spacial score (nSPS) is 32.2. The highest BCUT2D eigenvalue weighted by atomic mass is 15.2. The van der Waals surface area contributed by atoms with Crippen molar-refractivity contribution in [1.82, 2.24) is 10.2 Å². The molecule has 0 aromatic heterocycles. The number of benzene rings is 1. The van der Waals surface area contributed by atoms with Gasteiger partial charge in [-0.25, -0.2) is 0 Å². The van der Waals surface area contributed by atoms with Gasteiger partial charge in [-0.15, -0.1) is 0 Å². The highest BCUT2D eigenvalue weighted by Gasteiger charge is 2.42. The van der Waals surface area contributed by atoms with Gasteiger partial charge >= 0.3 is 0 Å². The van der Waals surface area contributed by atoms with Gasteiger partial charge in [0, 0.05) is 25.2 Å². The van der Waals surface area contributed by atoms with E-state index in [2.05, 4.69) is 48.5 Å². The van der Waals surface area contributed by atoms with Crippen LogP contribution in [0.4, 0.5) is 0 Å². The molecule has 1 aliphatic heterocycles. The van der Waals surface area contributed by atoms with Crippen LogP contribution in [0.1, 0.15) is 24.0 Å². The van der Waals surface area contributed by atoms with Crippen molar-refractivity contribution in [1.29, 1.82) is 0 Å². The maximum absolute atomic E-state index is 3.74. The summed E-state index contributed by atoms with van der Waals surface area (Å²) >= 11 is 0. The van der Waals surface area contributed by atoms with E-state index in [1.54, 1.807) is 0 Å². The lowest BCUT2D eigenvalue weighted by molar-refractivity contribution is 0.223. The molecule has 1 aromatic carbocycles. The van der Waals surface area contributed by atoms with Crippen LogP contribution in [-0.2, 0) is 6.54 Å². The average molecular weight is 230 g/mol. The van der Waals surface area contributed by atoms with Gasteiger partial charge in [-0.1, -0.05) is 29.8 Å². The van der Waals surface area contributed by atoms with Crippen LogP contribution in [0.5, 0.6) is 0 Å². The fourth-order valence-electron chi connectivity index (χ4n) is 3.38. The van der Waals surface area contributed by atoms with E-state index in [9.17, 15) is 0 Å². The van der Waals surface area contributed by atoms with E-state index in [4.69, 9.17) is 0 Å². The standard InChI is InChI=1S/C15H22N2/c1-11-3-5-12(6-4-11)9-16-15-8-14-7-13(15)10-17(14)2/h3-6,13-16H,7-10H2,1-2H3/t13-,14-,15-/m1/s1. The maximum atomic E-state index is 3.74. The van der Waals surface area contributed by atoms with Gasteiger partial charge in [0.15, 0.2) is 0 Å². The predicted octanol–water partition coefficient (Wildman–Crippen LogP) is 2.18. The molecule has 3 rings (SSSR count). The number of nitrogens with one attached hydrogen (secondary N) is 1. The minimum atomic E-state index is 0.748. The number of aryl methyl sites for hydroxylation is 1. The third-order valence-corrected chi connectivity index (χ3v) is 4.50. The molecule has 2 bridgehead atoms. The Labute approximate surface area is 104 Å². The van der Waals surface area contributed by atoms with Crippen molar-refractivity contribution in [3.05, 3.63) is 35.4 Å². The van der Waals surface area contributed by atoms with E-state index < -0.39 is 0 Å². The van der Waals surface area contributed by atoms with Crippen molar-refractivity contribution in [3.63, 3.8) is 0 Å². The van der Waals surface area contributed by atoms with Crippen LogP contribution in [-0.4, -0.2) is 30.6 Å². The highest BCUT2D eigenvalue weighted by Crippen LogP contribution is 2.36. The summed E-state index contributed by atoms with van der Waals surface area (Å²) in [5.74, 6) is 0.885. The van der Waals surface area contributed by atoms with E-state index in [-0.39, 0.29) is 0 Å². The Balaban J connectivity index is 1.54. The van der Waals surface area contributed by atoms with Crippen molar-refractivity contribution >= 4 is 0 Å². The van der Waals surface area contributed by atoms with Crippen molar-refractivity contribution in [2.24, 2.45) is 5.92 Å². The molecule has 0 amide bonds. The first-order chi connectivity index (χ1) is 8.22. The van der Waals surface area contributed by atoms with Crippen molar-refractivity contribution in [2.45, 2.75) is 38.4 Å². The molecular weight excluding hydrogens is 208 g/mol. The Kier molecular flexibility index (Phi) is 2.93. The molecule has 0 spiro atoms. The fourth-order valence-corrected chi connectivity index (χ4v) is 3.38. The van der Waals surface area contributed by atoms with Crippen molar-refractivity contribution in [2.75, 3.05) is 13.6 Å². The molecule has 2 nitrogen and oxygen atoms in total. The lowest BCUT2D eigenvalue weighted by atomic mass is 10.0. The molecule has 1 N–H and O–H groups in total. The number of hydrogen-bond donors (Lipinski definition) is 1. The van der Waals surface area contributed by atoms with E-state index in [0.29, 0.717) is 0 Å². The first-order valence-corrected chi connectivity index (χ1v) is 6.71. The molecule has 2 heteroatoms. The minimum Gasteiger partial charge on any atom is -0.310 e. The second-order valence-corrected chi connectivity index (χ2v) is 5.80. The minimum absolute atomic E-state index is 0.748. The van der Waals surface area contributed by atoms with Crippen LogP contribution >= 0.6 is 0 Å². The molecule has 0 unspecified atom stereocenters. The zero-order chi connectivity index (χ0) is 11.8. The van der Waals surface area contributed by atoms with Gasteiger partial charge in [0.2, 0.25) is 0 Å². The quantitative estimate of drug-likeness (QED) is 0.856. The van der Waals surface area contributed by atoms with Crippen LogP contribution in [0.25, 0.3) is 0 Å². The molecule has 0 radical (unpaired) electrons. The highest BCUT2D eigenvalue weighted by molar-refractivity contribution is 5.21. The van der Waals surface area contributed by atoms with Crippen molar-refractivity contribution in [3.8, 4) is 0 Å². The van der Waals surface area contributed by atoms with E-state index in [1.165, 1.54) is 30.5 Å². The molecule has 2 fully saturated rings. The van der Waals surface area contributed by atoms with Gasteiger partial charge < -0.3 is 10.2 Å². The summed E-state index contributed by atoms with van der Waals surface area (Å²) in [6, 6.07) is 10.5. The third kappa shape index (κ3) is 2.24. The Morgan fingerprint density at radius 2 is 2.00 bits per heavy atom. The molecule has 1 aliphatic carbocycles. The Morgan fingerprint density at radius 3 is 2.59 bits per heavy atom. The molecule has 17 heavy (non-hydrogen) atoms. The fraction of sp³-hybridized carbons (Fsp3) is 0.600. The first kappa shape index (κ1) is 11.2. The second kappa shape index (κ2) is 4.43. The van der Waals surface area contributed by atoms with Crippen LogP contribution in [0.3, 0.4) is 0 Å². The number of hydrogen-bond acceptors (Lipinski definition) is 2. The Morgan fingerprint density at radius 1 is 1.24 bits per heavy atom. The van der Waals surface area contributed by atoms with Gasteiger partial charge in [-0.3, -0.25) is 0 Å². The molecule has 1 heterocycles. The van der Waals surface area contributed by atoms with E-state index in [1.807, 2.05) is 0 Å². The SMILES string of the molecule is Cc1ccc(CN[C@@H]2C[C@H]3C[C@@H]2CN3C)cc1. The van der Waals surface area contributed by atoms with Crippen LogP contribution < -0.4 is 5.32 Å². The number of likely N-dealkylation sites (tertiary alicyclic amines) is 1. The smallest absolute Gasteiger partial charge is 0.0208 e.